The summed E-state index contributed by atoms with van der Waals surface area (Å²) in [6, 6.07) is 1.56. The average Bonchev–Trinajstić information content (AvgIpc) is 2.61. The standard InChI is InChI=1S/C17H25N5O3/c1-6-17(18,7-2)9-19-14(23)11-8-10(3)12-13(20-11)21(4)16(25)22(5)15(12)24/h8H,6-7,9,18H2,1-5H3,(H,19,23). The molecule has 0 aliphatic heterocycles. The van der Waals surface area contributed by atoms with Crippen LogP contribution >= 0.6 is 0 Å². The first-order valence-electron chi connectivity index (χ1n) is 8.29. The normalized spacial score (nSPS) is 11.8. The van der Waals surface area contributed by atoms with Crippen molar-refractivity contribution in [1.29, 1.82) is 0 Å². The Morgan fingerprint density at radius 1 is 1.24 bits per heavy atom. The summed E-state index contributed by atoms with van der Waals surface area (Å²) in [5.41, 5.74) is 5.77. The molecule has 25 heavy (non-hydrogen) atoms. The Hall–Kier alpha value is -2.48. The number of fused-ring (bicyclic) bond motifs is 1. The van der Waals surface area contributed by atoms with Gasteiger partial charge in [-0.25, -0.2) is 9.78 Å². The quantitative estimate of drug-likeness (QED) is 0.802. The lowest BCUT2D eigenvalue weighted by molar-refractivity contribution is 0.0937. The number of rotatable bonds is 5. The van der Waals surface area contributed by atoms with Crippen molar-refractivity contribution in [3.8, 4) is 0 Å². The molecule has 0 radical (unpaired) electrons. The Balaban J connectivity index is 2.49. The molecule has 8 nitrogen and oxygen atoms in total. The molecule has 0 bridgehead atoms. The molecule has 0 saturated carbocycles. The molecule has 0 saturated heterocycles. The van der Waals surface area contributed by atoms with Crippen molar-refractivity contribution in [3.05, 3.63) is 38.2 Å². The average molecular weight is 347 g/mol. The summed E-state index contributed by atoms with van der Waals surface area (Å²) in [6.07, 6.45) is 1.47. The molecular formula is C17H25N5O3. The maximum atomic E-state index is 12.5. The van der Waals surface area contributed by atoms with Crippen molar-refractivity contribution in [3.63, 3.8) is 0 Å². The highest BCUT2D eigenvalue weighted by Gasteiger charge is 2.22. The van der Waals surface area contributed by atoms with Crippen LogP contribution in [0.25, 0.3) is 11.0 Å². The molecule has 0 aliphatic rings. The highest BCUT2D eigenvalue weighted by molar-refractivity contribution is 5.95. The van der Waals surface area contributed by atoms with Crippen molar-refractivity contribution < 1.29 is 4.79 Å². The molecule has 2 aromatic rings. The number of carbonyl (C=O) groups excluding carboxylic acids is 1. The van der Waals surface area contributed by atoms with Crippen LogP contribution in [0, 0.1) is 6.92 Å². The third kappa shape index (κ3) is 3.34. The van der Waals surface area contributed by atoms with Crippen LogP contribution in [0.4, 0.5) is 0 Å². The smallest absolute Gasteiger partial charge is 0.332 e. The van der Waals surface area contributed by atoms with Crippen molar-refractivity contribution in [2.24, 2.45) is 19.8 Å². The van der Waals surface area contributed by atoms with Crippen LogP contribution in [0.1, 0.15) is 42.7 Å². The Morgan fingerprint density at radius 2 is 1.84 bits per heavy atom. The lowest BCUT2D eigenvalue weighted by Crippen LogP contribution is -2.49. The minimum atomic E-state index is -0.486. The van der Waals surface area contributed by atoms with Gasteiger partial charge in [0.1, 0.15) is 11.3 Å². The van der Waals surface area contributed by atoms with E-state index in [4.69, 9.17) is 5.73 Å². The number of aromatic nitrogens is 3. The summed E-state index contributed by atoms with van der Waals surface area (Å²) in [4.78, 5) is 41.1. The van der Waals surface area contributed by atoms with Gasteiger partial charge in [0.2, 0.25) is 0 Å². The first kappa shape index (κ1) is 18.9. The molecule has 2 heterocycles. The molecule has 2 rings (SSSR count). The van der Waals surface area contributed by atoms with Crippen LogP contribution in [0.15, 0.2) is 15.7 Å². The lowest BCUT2D eigenvalue weighted by atomic mass is 9.94. The van der Waals surface area contributed by atoms with E-state index >= 15 is 0 Å². The number of amides is 1. The molecule has 1 amide bonds. The number of carbonyl (C=O) groups is 1. The molecule has 136 valence electrons. The van der Waals surface area contributed by atoms with Gasteiger partial charge in [0.15, 0.2) is 0 Å². The molecule has 0 atom stereocenters. The Labute approximate surface area is 145 Å². The van der Waals surface area contributed by atoms with Gasteiger partial charge in [-0.1, -0.05) is 13.8 Å². The van der Waals surface area contributed by atoms with Gasteiger partial charge >= 0.3 is 5.69 Å². The van der Waals surface area contributed by atoms with Crippen LogP contribution in [0.3, 0.4) is 0 Å². The molecular weight excluding hydrogens is 322 g/mol. The van der Waals surface area contributed by atoms with Crippen LogP contribution in [-0.4, -0.2) is 32.1 Å². The highest BCUT2D eigenvalue weighted by atomic mass is 16.2. The third-order valence-electron chi connectivity index (χ3n) is 4.85. The van der Waals surface area contributed by atoms with E-state index in [0.717, 1.165) is 17.4 Å². The summed E-state index contributed by atoms with van der Waals surface area (Å²) in [5.74, 6) is -0.380. The summed E-state index contributed by atoms with van der Waals surface area (Å²) >= 11 is 0. The second-order valence-corrected chi connectivity index (χ2v) is 6.48. The van der Waals surface area contributed by atoms with Gasteiger partial charge in [-0.3, -0.25) is 18.7 Å². The second-order valence-electron chi connectivity index (χ2n) is 6.48. The number of hydrogen-bond acceptors (Lipinski definition) is 5. The van der Waals surface area contributed by atoms with E-state index in [9.17, 15) is 14.4 Å². The number of nitrogens with zero attached hydrogens (tertiary/aromatic N) is 3. The highest BCUT2D eigenvalue weighted by Crippen LogP contribution is 2.14. The van der Waals surface area contributed by atoms with Gasteiger partial charge in [0.25, 0.3) is 11.5 Å². The van der Waals surface area contributed by atoms with E-state index in [-0.39, 0.29) is 17.2 Å². The van der Waals surface area contributed by atoms with E-state index in [2.05, 4.69) is 10.3 Å². The Kier molecular flexibility index (Phi) is 5.12. The lowest BCUT2D eigenvalue weighted by Gasteiger charge is -2.26. The number of aryl methyl sites for hydroxylation is 2. The van der Waals surface area contributed by atoms with E-state index in [1.165, 1.54) is 18.7 Å². The number of nitrogens with two attached hydrogens (primary N) is 1. The van der Waals surface area contributed by atoms with Gasteiger partial charge in [0, 0.05) is 26.2 Å². The fourth-order valence-electron chi connectivity index (χ4n) is 2.70. The van der Waals surface area contributed by atoms with E-state index in [1.807, 2.05) is 13.8 Å². The summed E-state index contributed by atoms with van der Waals surface area (Å²) < 4.78 is 2.30. The fourth-order valence-corrected chi connectivity index (χ4v) is 2.70. The Bertz CT molecular complexity index is 938. The van der Waals surface area contributed by atoms with Gasteiger partial charge in [0.05, 0.1) is 5.39 Å². The molecule has 0 unspecified atom stereocenters. The predicted molar refractivity (Wildman–Crippen MR) is 96.8 cm³/mol. The van der Waals surface area contributed by atoms with Gasteiger partial charge < -0.3 is 11.1 Å². The molecule has 0 aliphatic carbocycles. The van der Waals surface area contributed by atoms with Crippen LogP contribution in [0.5, 0.6) is 0 Å². The molecule has 0 spiro atoms. The van der Waals surface area contributed by atoms with Gasteiger partial charge in [-0.05, 0) is 31.4 Å². The molecule has 0 fully saturated rings. The largest absolute Gasteiger partial charge is 0.349 e. The monoisotopic (exact) mass is 347 g/mol. The minimum Gasteiger partial charge on any atom is -0.349 e. The van der Waals surface area contributed by atoms with Crippen LogP contribution < -0.4 is 22.3 Å². The molecule has 3 N–H and O–H groups in total. The first-order valence-corrected chi connectivity index (χ1v) is 8.29. The van der Waals surface area contributed by atoms with E-state index in [0.29, 0.717) is 17.5 Å². The minimum absolute atomic E-state index is 0.155. The zero-order chi connectivity index (χ0) is 18.9. The summed E-state index contributed by atoms with van der Waals surface area (Å²) in [6.45, 7) is 5.99. The predicted octanol–water partition coefficient (Wildman–Crippen LogP) is 0.188. The zero-order valence-electron chi connectivity index (χ0n) is 15.3. The molecule has 8 heteroatoms. The summed E-state index contributed by atoms with van der Waals surface area (Å²) in [5, 5.41) is 3.13. The fraction of sp³-hybridized carbons (Fsp3) is 0.529. The summed E-state index contributed by atoms with van der Waals surface area (Å²) in [7, 11) is 2.94. The second kappa shape index (κ2) is 6.79. The number of nitrogens with one attached hydrogen (secondary N) is 1. The van der Waals surface area contributed by atoms with E-state index in [1.54, 1.807) is 13.0 Å². The Morgan fingerprint density at radius 3 is 2.40 bits per heavy atom. The van der Waals surface area contributed by atoms with Gasteiger partial charge in [-0.15, -0.1) is 0 Å². The van der Waals surface area contributed by atoms with Crippen molar-refractivity contribution in [1.82, 2.24) is 19.4 Å². The topological polar surface area (TPSA) is 112 Å². The number of hydrogen-bond donors (Lipinski definition) is 2. The van der Waals surface area contributed by atoms with Crippen LogP contribution in [-0.2, 0) is 14.1 Å². The van der Waals surface area contributed by atoms with Gasteiger partial charge in [-0.2, -0.15) is 0 Å². The SMILES string of the molecule is CCC(N)(CC)CNC(=O)c1cc(C)c2c(=O)n(C)c(=O)n(C)c2n1. The van der Waals surface area contributed by atoms with Crippen molar-refractivity contribution in [2.45, 2.75) is 39.2 Å². The zero-order valence-corrected chi connectivity index (χ0v) is 15.3. The van der Waals surface area contributed by atoms with Crippen molar-refractivity contribution in [2.75, 3.05) is 6.54 Å². The maximum absolute atomic E-state index is 12.5. The van der Waals surface area contributed by atoms with Crippen molar-refractivity contribution >= 4 is 16.9 Å². The van der Waals surface area contributed by atoms with Crippen LogP contribution in [0.2, 0.25) is 0 Å². The first-order chi connectivity index (χ1) is 11.6. The third-order valence-corrected chi connectivity index (χ3v) is 4.85. The molecule has 0 aromatic carbocycles. The number of pyridine rings is 1. The maximum Gasteiger partial charge on any atom is 0.332 e. The van der Waals surface area contributed by atoms with E-state index < -0.39 is 16.8 Å². The molecule has 2 aromatic heterocycles.